The second kappa shape index (κ2) is 8.47. The molecule has 0 aliphatic rings. The van der Waals surface area contributed by atoms with Gasteiger partial charge >= 0.3 is 0 Å². The molecule has 0 atom stereocenters. The summed E-state index contributed by atoms with van der Waals surface area (Å²) in [5.41, 5.74) is 2.82. The molecular formula is C18H15Cl3N2OS. The second-order valence-electron chi connectivity index (χ2n) is 5.46. The van der Waals surface area contributed by atoms with E-state index in [1.54, 1.807) is 17.8 Å². The molecule has 0 spiro atoms. The minimum Gasteiger partial charge on any atom is -0.390 e. The predicted octanol–water partition coefficient (Wildman–Crippen LogP) is 5.68. The van der Waals surface area contributed by atoms with Crippen LogP contribution in [-0.4, -0.2) is 14.7 Å². The molecule has 130 valence electrons. The van der Waals surface area contributed by atoms with Crippen LogP contribution in [-0.2, 0) is 18.9 Å². The fourth-order valence-electron chi connectivity index (χ4n) is 2.32. The summed E-state index contributed by atoms with van der Waals surface area (Å²) < 4.78 is 2.02. The average Bonchev–Trinajstić information content (AvgIpc) is 3.00. The molecule has 0 saturated heterocycles. The summed E-state index contributed by atoms with van der Waals surface area (Å²) >= 11 is 19.5. The molecular weight excluding hydrogens is 399 g/mol. The SMILES string of the molecule is OCc1cn(Cc2ccc(Cl)cc2)c(SCc2ccc(Cl)c(Cl)c2)n1. The number of benzene rings is 2. The van der Waals surface area contributed by atoms with Gasteiger partial charge in [-0.1, -0.05) is 64.8 Å². The van der Waals surface area contributed by atoms with Crippen molar-refractivity contribution < 1.29 is 5.11 Å². The molecule has 0 fully saturated rings. The van der Waals surface area contributed by atoms with E-state index in [1.165, 1.54) is 0 Å². The van der Waals surface area contributed by atoms with Crippen LogP contribution in [0.4, 0.5) is 0 Å². The van der Waals surface area contributed by atoms with Gasteiger partial charge in [0.05, 0.1) is 22.3 Å². The summed E-state index contributed by atoms with van der Waals surface area (Å²) in [7, 11) is 0. The Morgan fingerprint density at radius 1 is 0.960 bits per heavy atom. The molecule has 2 aromatic carbocycles. The number of imidazole rings is 1. The van der Waals surface area contributed by atoms with Crippen LogP contribution in [0.15, 0.2) is 53.8 Å². The lowest BCUT2D eigenvalue weighted by atomic mass is 10.2. The first-order chi connectivity index (χ1) is 12.0. The molecule has 0 aliphatic carbocycles. The van der Waals surface area contributed by atoms with Crippen LogP contribution in [0, 0.1) is 0 Å². The van der Waals surface area contributed by atoms with Gasteiger partial charge in [-0.3, -0.25) is 0 Å². The Morgan fingerprint density at radius 3 is 2.36 bits per heavy atom. The Kier molecular flexibility index (Phi) is 6.31. The average molecular weight is 414 g/mol. The third kappa shape index (κ3) is 4.93. The van der Waals surface area contributed by atoms with Crippen LogP contribution in [0.25, 0.3) is 0 Å². The molecule has 0 bridgehead atoms. The lowest BCUT2D eigenvalue weighted by Crippen LogP contribution is -2.00. The van der Waals surface area contributed by atoms with E-state index < -0.39 is 0 Å². The molecule has 7 heteroatoms. The van der Waals surface area contributed by atoms with Gasteiger partial charge in [-0.25, -0.2) is 4.98 Å². The Hall–Kier alpha value is -1.17. The quantitative estimate of drug-likeness (QED) is 0.529. The summed E-state index contributed by atoms with van der Waals surface area (Å²) in [5.74, 6) is 0.708. The molecule has 0 unspecified atom stereocenters. The summed E-state index contributed by atoms with van der Waals surface area (Å²) in [6.07, 6.45) is 1.87. The zero-order valence-corrected chi connectivity index (χ0v) is 16.2. The smallest absolute Gasteiger partial charge is 0.168 e. The highest BCUT2D eigenvalue weighted by Gasteiger charge is 2.10. The van der Waals surface area contributed by atoms with Crippen molar-refractivity contribution in [2.45, 2.75) is 24.1 Å². The first kappa shape index (κ1) is 18.6. The molecule has 3 nitrogen and oxygen atoms in total. The highest BCUT2D eigenvalue weighted by Crippen LogP contribution is 2.28. The summed E-state index contributed by atoms with van der Waals surface area (Å²) in [4.78, 5) is 4.49. The van der Waals surface area contributed by atoms with E-state index in [2.05, 4.69) is 4.98 Å². The molecule has 0 radical (unpaired) electrons. The van der Waals surface area contributed by atoms with Gasteiger partial charge in [0.25, 0.3) is 0 Å². The standard InChI is InChI=1S/C18H15Cl3N2OS/c19-14-4-1-12(2-5-14)8-23-9-15(10-24)22-18(23)25-11-13-3-6-16(20)17(21)7-13/h1-7,9,24H,8,10-11H2. The van der Waals surface area contributed by atoms with Crippen molar-refractivity contribution in [3.63, 3.8) is 0 Å². The maximum Gasteiger partial charge on any atom is 0.168 e. The minimum atomic E-state index is -0.0893. The molecule has 0 saturated carbocycles. The Labute approximate surface area is 165 Å². The Morgan fingerprint density at radius 2 is 1.68 bits per heavy atom. The van der Waals surface area contributed by atoms with Gasteiger partial charge < -0.3 is 9.67 Å². The van der Waals surface area contributed by atoms with Gasteiger partial charge in [0.15, 0.2) is 5.16 Å². The molecule has 3 aromatic rings. The van der Waals surface area contributed by atoms with E-state index in [1.807, 2.05) is 47.2 Å². The predicted molar refractivity (Wildman–Crippen MR) is 105 cm³/mol. The van der Waals surface area contributed by atoms with Crippen molar-refractivity contribution in [2.24, 2.45) is 0 Å². The number of hydrogen-bond donors (Lipinski definition) is 1. The van der Waals surface area contributed by atoms with E-state index in [0.717, 1.165) is 16.3 Å². The Bertz CT molecular complexity index is 865. The lowest BCUT2D eigenvalue weighted by Gasteiger charge is -2.08. The third-order valence-electron chi connectivity index (χ3n) is 3.57. The van der Waals surface area contributed by atoms with Crippen molar-refractivity contribution in [1.29, 1.82) is 0 Å². The topological polar surface area (TPSA) is 38.0 Å². The molecule has 1 N–H and O–H groups in total. The van der Waals surface area contributed by atoms with Crippen molar-refractivity contribution >= 4 is 46.6 Å². The largest absolute Gasteiger partial charge is 0.390 e. The van der Waals surface area contributed by atoms with E-state index in [9.17, 15) is 5.11 Å². The maximum absolute atomic E-state index is 9.40. The van der Waals surface area contributed by atoms with E-state index >= 15 is 0 Å². The van der Waals surface area contributed by atoms with Crippen LogP contribution >= 0.6 is 46.6 Å². The Balaban J connectivity index is 1.76. The van der Waals surface area contributed by atoms with Crippen molar-refractivity contribution in [3.8, 4) is 0 Å². The number of aliphatic hydroxyl groups is 1. The van der Waals surface area contributed by atoms with Crippen LogP contribution in [0.2, 0.25) is 15.1 Å². The zero-order valence-electron chi connectivity index (χ0n) is 13.1. The second-order valence-corrected chi connectivity index (χ2v) is 7.66. The van der Waals surface area contributed by atoms with Gasteiger partial charge in [0.2, 0.25) is 0 Å². The number of nitrogens with zero attached hydrogens (tertiary/aromatic N) is 2. The number of thioether (sulfide) groups is 1. The fourth-order valence-corrected chi connectivity index (χ4v) is 3.71. The van der Waals surface area contributed by atoms with E-state index in [0.29, 0.717) is 33.1 Å². The van der Waals surface area contributed by atoms with Gasteiger partial charge in [0.1, 0.15) is 0 Å². The van der Waals surface area contributed by atoms with Gasteiger partial charge in [0, 0.05) is 23.5 Å². The third-order valence-corrected chi connectivity index (χ3v) is 5.62. The molecule has 0 aliphatic heterocycles. The van der Waals surface area contributed by atoms with Crippen molar-refractivity contribution in [2.75, 3.05) is 0 Å². The van der Waals surface area contributed by atoms with Crippen molar-refractivity contribution in [1.82, 2.24) is 9.55 Å². The molecule has 1 aromatic heterocycles. The zero-order chi connectivity index (χ0) is 17.8. The van der Waals surface area contributed by atoms with Crippen LogP contribution in [0.5, 0.6) is 0 Å². The molecule has 3 rings (SSSR count). The monoisotopic (exact) mass is 412 g/mol. The number of aliphatic hydroxyl groups excluding tert-OH is 1. The molecule has 1 heterocycles. The van der Waals surface area contributed by atoms with E-state index in [4.69, 9.17) is 34.8 Å². The highest BCUT2D eigenvalue weighted by atomic mass is 35.5. The van der Waals surface area contributed by atoms with Crippen molar-refractivity contribution in [3.05, 3.63) is 80.6 Å². The number of aromatic nitrogens is 2. The maximum atomic E-state index is 9.40. The van der Waals surface area contributed by atoms with E-state index in [-0.39, 0.29) is 6.61 Å². The number of halogens is 3. The fraction of sp³-hybridized carbons (Fsp3) is 0.167. The van der Waals surface area contributed by atoms with Crippen LogP contribution in [0.1, 0.15) is 16.8 Å². The molecule has 25 heavy (non-hydrogen) atoms. The number of rotatable bonds is 6. The first-order valence-electron chi connectivity index (χ1n) is 7.53. The van der Waals surface area contributed by atoms with Gasteiger partial charge in [-0.05, 0) is 35.4 Å². The summed E-state index contributed by atoms with van der Waals surface area (Å²) in [6.45, 7) is 0.571. The van der Waals surface area contributed by atoms with Crippen LogP contribution < -0.4 is 0 Å². The van der Waals surface area contributed by atoms with Gasteiger partial charge in [-0.2, -0.15) is 0 Å². The molecule has 0 amide bonds. The first-order valence-corrected chi connectivity index (χ1v) is 9.65. The lowest BCUT2D eigenvalue weighted by molar-refractivity contribution is 0.277. The summed E-state index contributed by atoms with van der Waals surface area (Å²) in [5, 5.41) is 12.0. The summed E-state index contributed by atoms with van der Waals surface area (Å²) in [6, 6.07) is 13.3. The van der Waals surface area contributed by atoms with Crippen LogP contribution in [0.3, 0.4) is 0 Å². The normalized spacial score (nSPS) is 11.0. The minimum absolute atomic E-state index is 0.0893. The number of hydrogen-bond acceptors (Lipinski definition) is 3. The highest BCUT2D eigenvalue weighted by molar-refractivity contribution is 7.98. The van der Waals surface area contributed by atoms with Gasteiger partial charge in [-0.15, -0.1) is 0 Å².